The highest BCUT2D eigenvalue weighted by Gasteiger charge is 2.21. The van der Waals surface area contributed by atoms with Gasteiger partial charge in [-0.25, -0.2) is 9.48 Å². The molecule has 1 unspecified atom stereocenters. The van der Waals surface area contributed by atoms with E-state index in [1.54, 1.807) is 30.3 Å². The molecule has 9 nitrogen and oxygen atoms in total. The highest BCUT2D eigenvalue weighted by atomic mass is 16.6. The summed E-state index contributed by atoms with van der Waals surface area (Å²) in [5, 5.41) is 17.6. The average Bonchev–Trinajstić information content (AvgIpc) is 3.19. The number of nitro groups is 1. The van der Waals surface area contributed by atoms with Gasteiger partial charge in [-0.05, 0) is 31.2 Å². The number of nitrogens with zero attached hydrogens (tertiary/aromatic N) is 3. The van der Waals surface area contributed by atoms with Crippen molar-refractivity contribution in [1.29, 1.82) is 0 Å². The van der Waals surface area contributed by atoms with Crippen LogP contribution < -0.4 is 5.32 Å². The molecule has 0 saturated carbocycles. The summed E-state index contributed by atoms with van der Waals surface area (Å²) in [5.74, 6) is -1.25. The molecule has 0 radical (unpaired) electrons. The number of hydrogen-bond acceptors (Lipinski definition) is 6. The Bertz CT molecular complexity index is 1020. The number of non-ortho nitro benzene ring substituents is 1. The predicted octanol–water partition coefficient (Wildman–Crippen LogP) is 2.96. The van der Waals surface area contributed by atoms with Crippen LogP contribution in [-0.2, 0) is 9.53 Å². The number of nitro benzene ring substituents is 1. The van der Waals surface area contributed by atoms with Crippen LogP contribution in [0.2, 0.25) is 0 Å². The fraction of sp³-hybridized carbons (Fsp3) is 0.105. The van der Waals surface area contributed by atoms with Crippen molar-refractivity contribution in [2.75, 3.05) is 5.32 Å². The Morgan fingerprint density at radius 2 is 1.89 bits per heavy atom. The van der Waals surface area contributed by atoms with E-state index in [9.17, 15) is 19.7 Å². The summed E-state index contributed by atoms with van der Waals surface area (Å²) >= 11 is 0. The van der Waals surface area contributed by atoms with E-state index in [4.69, 9.17) is 4.74 Å². The first-order valence-corrected chi connectivity index (χ1v) is 8.31. The zero-order valence-corrected chi connectivity index (χ0v) is 14.8. The lowest BCUT2D eigenvalue weighted by Gasteiger charge is -2.12. The number of aromatic nitrogens is 2. The molecule has 1 N–H and O–H groups in total. The molecule has 1 atom stereocenters. The Morgan fingerprint density at radius 1 is 1.14 bits per heavy atom. The maximum Gasteiger partial charge on any atom is 0.359 e. The highest BCUT2D eigenvalue weighted by Crippen LogP contribution is 2.16. The quantitative estimate of drug-likeness (QED) is 0.399. The second-order valence-corrected chi connectivity index (χ2v) is 5.83. The summed E-state index contributed by atoms with van der Waals surface area (Å²) in [5.41, 5.74) is 0.891. The number of carbonyl (C=O) groups is 2. The number of benzene rings is 2. The molecule has 0 aliphatic carbocycles. The molecule has 0 saturated heterocycles. The van der Waals surface area contributed by atoms with Crippen molar-refractivity contribution in [3.05, 3.63) is 82.7 Å². The molecule has 2 aromatic carbocycles. The third-order valence-corrected chi connectivity index (χ3v) is 3.80. The Morgan fingerprint density at radius 3 is 2.61 bits per heavy atom. The van der Waals surface area contributed by atoms with E-state index in [0.29, 0.717) is 11.4 Å². The smallest absolute Gasteiger partial charge is 0.359 e. The van der Waals surface area contributed by atoms with Gasteiger partial charge in [-0.15, -0.1) is 0 Å². The monoisotopic (exact) mass is 380 g/mol. The van der Waals surface area contributed by atoms with Crippen LogP contribution in [0.3, 0.4) is 0 Å². The number of anilines is 1. The summed E-state index contributed by atoms with van der Waals surface area (Å²) in [4.78, 5) is 34.7. The standard InChI is InChI=1S/C19H16N4O5/c1-13(18(24)20-14-6-3-2-4-7-14)28-19(25)17-10-11-22(21-17)15-8-5-9-16(12-15)23(26)27/h2-13H,1H3,(H,20,24). The first-order chi connectivity index (χ1) is 13.4. The fourth-order valence-corrected chi connectivity index (χ4v) is 2.37. The molecule has 0 aliphatic heterocycles. The Labute approximate surface area is 159 Å². The molecular weight excluding hydrogens is 364 g/mol. The van der Waals surface area contributed by atoms with Crippen LogP contribution in [0.15, 0.2) is 66.9 Å². The molecule has 0 aliphatic rings. The molecule has 28 heavy (non-hydrogen) atoms. The normalized spacial score (nSPS) is 11.5. The number of esters is 1. The van der Waals surface area contributed by atoms with Crippen LogP contribution in [-0.4, -0.2) is 32.7 Å². The van der Waals surface area contributed by atoms with E-state index >= 15 is 0 Å². The van der Waals surface area contributed by atoms with Crippen molar-refractivity contribution in [3.63, 3.8) is 0 Å². The van der Waals surface area contributed by atoms with Crippen LogP contribution in [0.4, 0.5) is 11.4 Å². The maximum atomic E-state index is 12.2. The van der Waals surface area contributed by atoms with Gasteiger partial charge in [0, 0.05) is 24.0 Å². The van der Waals surface area contributed by atoms with Crippen molar-refractivity contribution in [2.45, 2.75) is 13.0 Å². The summed E-state index contributed by atoms with van der Waals surface area (Å²) in [7, 11) is 0. The number of carbonyl (C=O) groups excluding carboxylic acids is 2. The van der Waals surface area contributed by atoms with E-state index in [1.807, 2.05) is 6.07 Å². The third kappa shape index (κ3) is 4.39. The van der Waals surface area contributed by atoms with Crippen molar-refractivity contribution >= 4 is 23.3 Å². The molecule has 9 heteroatoms. The minimum Gasteiger partial charge on any atom is -0.448 e. The van der Waals surface area contributed by atoms with E-state index in [2.05, 4.69) is 10.4 Å². The van der Waals surface area contributed by atoms with Crippen molar-refractivity contribution in [3.8, 4) is 5.69 Å². The highest BCUT2D eigenvalue weighted by molar-refractivity contribution is 5.96. The minimum absolute atomic E-state index is 0.0223. The zero-order chi connectivity index (χ0) is 20.1. The van der Waals surface area contributed by atoms with Gasteiger partial charge in [0.05, 0.1) is 10.6 Å². The van der Waals surface area contributed by atoms with Gasteiger partial charge < -0.3 is 10.1 Å². The summed E-state index contributed by atoms with van der Waals surface area (Å²) in [6, 6.07) is 16.0. The lowest BCUT2D eigenvalue weighted by atomic mass is 10.3. The molecule has 3 rings (SSSR count). The van der Waals surface area contributed by atoms with Crippen molar-refractivity contribution in [2.24, 2.45) is 0 Å². The van der Waals surface area contributed by atoms with Gasteiger partial charge in [-0.1, -0.05) is 24.3 Å². The lowest BCUT2D eigenvalue weighted by molar-refractivity contribution is -0.384. The number of nitrogens with one attached hydrogen (secondary N) is 1. The van der Waals surface area contributed by atoms with E-state index in [1.165, 1.54) is 42.1 Å². The molecule has 3 aromatic rings. The van der Waals surface area contributed by atoms with Gasteiger partial charge in [0.1, 0.15) is 0 Å². The average molecular weight is 380 g/mol. The van der Waals surface area contributed by atoms with Crippen molar-refractivity contribution in [1.82, 2.24) is 9.78 Å². The minimum atomic E-state index is -1.03. The van der Waals surface area contributed by atoms with Crippen LogP contribution in [0.1, 0.15) is 17.4 Å². The second kappa shape index (κ2) is 8.12. The van der Waals surface area contributed by atoms with E-state index < -0.39 is 22.9 Å². The third-order valence-electron chi connectivity index (χ3n) is 3.80. The Kier molecular flexibility index (Phi) is 5.45. The fourth-order valence-electron chi connectivity index (χ4n) is 2.37. The zero-order valence-electron chi connectivity index (χ0n) is 14.8. The van der Waals surface area contributed by atoms with Crippen LogP contribution in [0, 0.1) is 10.1 Å². The lowest BCUT2D eigenvalue weighted by Crippen LogP contribution is -2.30. The number of amides is 1. The first-order valence-electron chi connectivity index (χ1n) is 8.31. The first kappa shape index (κ1) is 18.8. The van der Waals surface area contributed by atoms with E-state index in [0.717, 1.165) is 0 Å². The van der Waals surface area contributed by atoms with E-state index in [-0.39, 0.29) is 11.4 Å². The number of ether oxygens (including phenoxy) is 1. The largest absolute Gasteiger partial charge is 0.448 e. The number of para-hydroxylation sites is 1. The van der Waals surface area contributed by atoms with Gasteiger partial charge in [0.25, 0.3) is 11.6 Å². The Balaban J connectivity index is 1.66. The van der Waals surface area contributed by atoms with Gasteiger partial charge in [0.15, 0.2) is 11.8 Å². The summed E-state index contributed by atoms with van der Waals surface area (Å²) < 4.78 is 6.46. The molecule has 1 amide bonds. The number of hydrogen-bond donors (Lipinski definition) is 1. The molecule has 1 heterocycles. The molecule has 0 bridgehead atoms. The van der Waals surface area contributed by atoms with Gasteiger partial charge in [-0.2, -0.15) is 5.10 Å². The van der Waals surface area contributed by atoms with Crippen LogP contribution in [0.25, 0.3) is 5.69 Å². The summed E-state index contributed by atoms with van der Waals surface area (Å²) in [6.45, 7) is 1.45. The SMILES string of the molecule is CC(OC(=O)c1ccn(-c2cccc([N+](=O)[O-])c2)n1)C(=O)Nc1ccccc1. The Hall–Kier alpha value is -4.01. The topological polar surface area (TPSA) is 116 Å². The summed E-state index contributed by atoms with van der Waals surface area (Å²) in [6.07, 6.45) is 0.445. The van der Waals surface area contributed by atoms with Gasteiger partial charge in [0.2, 0.25) is 0 Å². The van der Waals surface area contributed by atoms with Crippen LogP contribution >= 0.6 is 0 Å². The van der Waals surface area contributed by atoms with Gasteiger partial charge in [-0.3, -0.25) is 14.9 Å². The maximum absolute atomic E-state index is 12.2. The van der Waals surface area contributed by atoms with Crippen LogP contribution in [0.5, 0.6) is 0 Å². The molecular formula is C19H16N4O5. The molecule has 142 valence electrons. The van der Waals surface area contributed by atoms with Crippen molar-refractivity contribution < 1.29 is 19.2 Å². The second-order valence-electron chi connectivity index (χ2n) is 5.83. The predicted molar refractivity (Wildman–Crippen MR) is 100 cm³/mol. The molecule has 0 spiro atoms. The molecule has 0 fully saturated rings. The van der Waals surface area contributed by atoms with Gasteiger partial charge >= 0.3 is 5.97 Å². The number of rotatable bonds is 6. The molecule has 1 aromatic heterocycles.